The highest BCUT2D eigenvalue weighted by molar-refractivity contribution is 7.21. The van der Waals surface area contributed by atoms with E-state index >= 15 is 0 Å². The van der Waals surface area contributed by atoms with Gasteiger partial charge in [-0.15, -0.1) is 11.3 Å². The number of anilines is 1. The summed E-state index contributed by atoms with van der Waals surface area (Å²) in [5, 5.41) is 9.00. The maximum Gasteiger partial charge on any atom is 0.266 e. The topological polar surface area (TPSA) is 70.1 Å². The molecule has 1 aromatic heterocycles. The number of benzene rings is 1. The van der Waals surface area contributed by atoms with Crippen LogP contribution in [0.2, 0.25) is 0 Å². The minimum absolute atomic E-state index is 0.0553. The molecular formula is C15H16FN3OS. The number of hydrogen-bond donors (Lipinski definition) is 1. The van der Waals surface area contributed by atoms with Gasteiger partial charge >= 0.3 is 0 Å². The van der Waals surface area contributed by atoms with Gasteiger partial charge in [-0.25, -0.2) is 4.39 Å². The summed E-state index contributed by atoms with van der Waals surface area (Å²) in [7, 11) is 0. The van der Waals surface area contributed by atoms with Crippen molar-refractivity contribution in [1.29, 1.82) is 5.26 Å². The molecule has 0 saturated heterocycles. The number of fused-ring (bicyclic) bond motifs is 1. The van der Waals surface area contributed by atoms with Crippen LogP contribution in [0.15, 0.2) is 18.2 Å². The van der Waals surface area contributed by atoms with E-state index in [1.54, 1.807) is 17.0 Å². The summed E-state index contributed by atoms with van der Waals surface area (Å²) in [5.41, 5.74) is 6.15. The molecular weight excluding hydrogens is 289 g/mol. The number of carbonyl (C=O) groups is 1. The molecule has 2 N–H and O–H groups in total. The van der Waals surface area contributed by atoms with E-state index in [4.69, 9.17) is 11.0 Å². The second-order valence-corrected chi connectivity index (χ2v) is 6.01. The number of amides is 1. The molecule has 0 aliphatic heterocycles. The van der Waals surface area contributed by atoms with Crippen LogP contribution < -0.4 is 5.73 Å². The molecule has 4 nitrogen and oxygen atoms in total. The first-order valence-electron chi connectivity index (χ1n) is 6.61. The molecule has 110 valence electrons. The molecule has 6 heteroatoms. The highest BCUT2D eigenvalue weighted by Gasteiger charge is 2.24. The Morgan fingerprint density at radius 3 is 2.81 bits per heavy atom. The van der Waals surface area contributed by atoms with E-state index in [1.165, 1.54) is 17.4 Å². The van der Waals surface area contributed by atoms with Crippen LogP contribution in [0.4, 0.5) is 10.1 Å². The van der Waals surface area contributed by atoms with Crippen molar-refractivity contribution in [2.45, 2.75) is 26.3 Å². The molecule has 1 amide bonds. The Hall–Kier alpha value is -2.13. The Kier molecular flexibility index (Phi) is 4.43. The van der Waals surface area contributed by atoms with Crippen molar-refractivity contribution in [1.82, 2.24) is 4.90 Å². The maximum absolute atomic E-state index is 13.8. The van der Waals surface area contributed by atoms with Crippen molar-refractivity contribution in [2.75, 3.05) is 12.3 Å². The average Bonchev–Trinajstić information content (AvgIpc) is 2.77. The third-order valence-corrected chi connectivity index (χ3v) is 4.40. The van der Waals surface area contributed by atoms with Crippen LogP contribution in [0.25, 0.3) is 10.1 Å². The zero-order valence-corrected chi connectivity index (χ0v) is 12.7. The minimum atomic E-state index is -0.423. The predicted octanol–water partition coefficient (Wildman–Crippen LogP) is 3.39. The van der Waals surface area contributed by atoms with Crippen molar-refractivity contribution in [3.05, 3.63) is 28.9 Å². The van der Waals surface area contributed by atoms with E-state index in [9.17, 15) is 9.18 Å². The lowest BCUT2D eigenvalue weighted by molar-refractivity contribution is 0.0716. The molecule has 0 fully saturated rings. The molecule has 1 heterocycles. The van der Waals surface area contributed by atoms with Crippen molar-refractivity contribution in [2.24, 2.45) is 0 Å². The molecule has 0 radical (unpaired) electrons. The van der Waals surface area contributed by atoms with Gasteiger partial charge < -0.3 is 10.6 Å². The monoisotopic (exact) mass is 305 g/mol. The third-order valence-electron chi connectivity index (χ3n) is 3.24. The fourth-order valence-electron chi connectivity index (χ4n) is 2.18. The maximum atomic E-state index is 13.8. The number of carbonyl (C=O) groups excluding carboxylic acids is 1. The summed E-state index contributed by atoms with van der Waals surface area (Å²) >= 11 is 1.19. The lowest BCUT2D eigenvalue weighted by atomic mass is 10.2. The molecule has 0 saturated carbocycles. The molecule has 21 heavy (non-hydrogen) atoms. The SMILES string of the molecule is CC(C)N(CCC#N)C(=O)c1sc2cccc(F)c2c1N. The van der Waals surface area contributed by atoms with Crippen LogP contribution >= 0.6 is 11.3 Å². The second kappa shape index (κ2) is 6.10. The van der Waals surface area contributed by atoms with E-state index < -0.39 is 5.82 Å². The van der Waals surface area contributed by atoms with E-state index in [0.717, 1.165) is 0 Å². The van der Waals surface area contributed by atoms with Crippen LogP contribution in [0.3, 0.4) is 0 Å². The number of rotatable bonds is 4. The Morgan fingerprint density at radius 2 is 2.24 bits per heavy atom. The van der Waals surface area contributed by atoms with Crippen LogP contribution in [0.1, 0.15) is 29.9 Å². The van der Waals surface area contributed by atoms with Gasteiger partial charge in [0.1, 0.15) is 10.7 Å². The number of nitrogens with zero attached hydrogens (tertiary/aromatic N) is 2. The molecule has 0 aliphatic carbocycles. The van der Waals surface area contributed by atoms with Crippen molar-refractivity contribution < 1.29 is 9.18 Å². The predicted molar refractivity (Wildman–Crippen MR) is 82.6 cm³/mol. The van der Waals surface area contributed by atoms with Crippen molar-refractivity contribution in [3.8, 4) is 6.07 Å². The largest absolute Gasteiger partial charge is 0.397 e. The Labute approximate surface area is 126 Å². The van der Waals surface area contributed by atoms with Crippen LogP contribution in [-0.2, 0) is 0 Å². The number of nitrogens with two attached hydrogens (primary N) is 1. The molecule has 0 bridgehead atoms. The first kappa shape index (κ1) is 15.3. The van der Waals surface area contributed by atoms with Gasteiger partial charge in [0.15, 0.2) is 0 Å². The fraction of sp³-hybridized carbons (Fsp3) is 0.333. The van der Waals surface area contributed by atoms with Crippen LogP contribution in [0.5, 0.6) is 0 Å². The first-order chi connectivity index (χ1) is 9.97. The first-order valence-corrected chi connectivity index (χ1v) is 7.43. The van der Waals surface area contributed by atoms with Crippen LogP contribution in [0, 0.1) is 17.1 Å². The Balaban J connectivity index is 2.45. The second-order valence-electron chi connectivity index (χ2n) is 4.96. The van der Waals surface area contributed by atoms with Gasteiger partial charge in [-0.3, -0.25) is 4.79 Å². The molecule has 1 aromatic carbocycles. The lowest BCUT2D eigenvalue weighted by Gasteiger charge is -2.25. The van der Waals surface area contributed by atoms with E-state index in [1.807, 2.05) is 19.9 Å². The molecule has 0 aliphatic rings. The van der Waals surface area contributed by atoms with Crippen molar-refractivity contribution in [3.63, 3.8) is 0 Å². The highest BCUT2D eigenvalue weighted by atomic mass is 32.1. The third kappa shape index (κ3) is 2.83. The Bertz CT molecular complexity index is 718. The summed E-state index contributed by atoms with van der Waals surface area (Å²) in [6.45, 7) is 4.09. The summed E-state index contributed by atoms with van der Waals surface area (Å²) in [6.07, 6.45) is 0.253. The number of nitrogen functional groups attached to an aromatic ring is 1. The number of thiophene rings is 1. The number of nitriles is 1. The van der Waals surface area contributed by atoms with Gasteiger partial charge in [0.2, 0.25) is 0 Å². The molecule has 0 spiro atoms. The van der Waals surface area contributed by atoms with Gasteiger partial charge in [0, 0.05) is 17.3 Å². The van der Waals surface area contributed by atoms with Crippen LogP contribution in [-0.4, -0.2) is 23.4 Å². The average molecular weight is 305 g/mol. The fourth-order valence-corrected chi connectivity index (χ4v) is 3.28. The van der Waals surface area contributed by atoms with Gasteiger partial charge in [0.25, 0.3) is 5.91 Å². The number of hydrogen-bond acceptors (Lipinski definition) is 4. The lowest BCUT2D eigenvalue weighted by Crippen LogP contribution is -2.37. The standard InChI is InChI=1S/C15H16FN3OS/c1-9(2)19(8-4-7-17)15(20)14-13(18)12-10(16)5-3-6-11(12)21-14/h3,5-6,9H,4,8,18H2,1-2H3. The molecule has 0 unspecified atom stereocenters. The summed E-state index contributed by atoms with van der Waals surface area (Å²) in [5.74, 6) is -0.674. The summed E-state index contributed by atoms with van der Waals surface area (Å²) in [6, 6.07) is 6.64. The normalized spacial score (nSPS) is 10.8. The van der Waals surface area contributed by atoms with Gasteiger partial charge in [-0.2, -0.15) is 5.26 Å². The van der Waals surface area contributed by atoms with E-state index in [-0.39, 0.29) is 24.1 Å². The van der Waals surface area contributed by atoms with E-state index in [2.05, 4.69) is 0 Å². The van der Waals surface area contributed by atoms with Gasteiger partial charge in [0.05, 0.1) is 23.6 Å². The van der Waals surface area contributed by atoms with Crippen molar-refractivity contribution >= 4 is 33.0 Å². The van der Waals surface area contributed by atoms with Gasteiger partial charge in [-0.05, 0) is 26.0 Å². The minimum Gasteiger partial charge on any atom is -0.397 e. The van der Waals surface area contributed by atoms with E-state index in [0.29, 0.717) is 21.5 Å². The summed E-state index contributed by atoms with van der Waals surface area (Å²) < 4.78 is 14.5. The zero-order valence-electron chi connectivity index (χ0n) is 11.9. The van der Waals surface area contributed by atoms with Gasteiger partial charge in [-0.1, -0.05) is 6.07 Å². The number of halogens is 1. The molecule has 2 rings (SSSR count). The Morgan fingerprint density at radius 1 is 1.52 bits per heavy atom. The molecule has 0 atom stereocenters. The quantitative estimate of drug-likeness (QED) is 0.941. The highest BCUT2D eigenvalue weighted by Crippen LogP contribution is 2.36. The smallest absolute Gasteiger partial charge is 0.266 e. The molecule has 2 aromatic rings. The summed E-state index contributed by atoms with van der Waals surface area (Å²) in [4.78, 5) is 14.5. The zero-order chi connectivity index (χ0) is 15.6.